The molecule has 0 spiro atoms. The van der Waals surface area contributed by atoms with Gasteiger partial charge in [-0.25, -0.2) is 0 Å². The first-order valence-electron chi connectivity index (χ1n) is 12.1. The van der Waals surface area contributed by atoms with Crippen LogP contribution in [0.25, 0.3) is 0 Å². The standard InChI is InChI=1S/C25H48O2/c1-3-5-6-7-8-9-10-11-12-13-14-15-16-17-18-19-20-21-22-23-25(26)27-24-4-2/h11-12H,3-10,13-24H2,1-2H3. The number of hydrogen-bond acceptors (Lipinski definition) is 2. The van der Waals surface area contributed by atoms with E-state index < -0.39 is 0 Å². The summed E-state index contributed by atoms with van der Waals surface area (Å²) in [5.41, 5.74) is 0. The molecule has 0 aromatic carbocycles. The largest absolute Gasteiger partial charge is 0.466 e. The Hall–Kier alpha value is -0.790. The lowest BCUT2D eigenvalue weighted by atomic mass is 10.1. The highest BCUT2D eigenvalue weighted by Gasteiger charge is 2.01. The minimum Gasteiger partial charge on any atom is -0.466 e. The summed E-state index contributed by atoms with van der Waals surface area (Å²) in [6, 6.07) is 0. The molecule has 0 heterocycles. The SMILES string of the molecule is CCCCCCCCC=CCCCCCCCCCCCC(=O)OCCC. The van der Waals surface area contributed by atoms with Crippen molar-refractivity contribution in [3.8, 4) is 0 Å². The quantitative estimate of drug-likeness (QED) is 0.113. The average molecular weight is 381 g/mol. The van der Waals surface area contributed by atoms with Gasteiger partial charge in [-0.1, -0.05) is 103 Å². The zero-order chi connectivity index (χ0) is 19.8. The summed E-state index contributed by atoms with van der Waals surface area (Å²) < 4.78 is 5.08. The maximum atomic E-state index is 11.4. The second-order valence-corrected chi connectivity index (χ2v) is 7.97. The van der Waals surface area contributed by atoms with Gasteiger partial charge >= 0.3 is 5.97 Å². The summed E-state index contributed by atoms with van der Waals surface area (Å²) in [7, 11) is 0. The molecule has 0 saturated heterocycles. The van der Waals surface area contributed by atoms with Crippen LogP contribution in [0.3, 0.4) is 0 Å². The number of carbonyl (C=O) groups excluding carboxylic acids is 1. The number of unbranched alkanes of at least 4 members (excludes halogenated alkanes) is 15. The van der Waals surface area contributed by atoms with Gasteiger partial charge < -0.3 is 4.74 Å². The normalized spacial score (nSPS) is 11.3. The summed E-state index contributed by atoms with van der Waals surface area (Å²) in [6.45, 7) is 4.88. The third-order valence-electron chi connectivity index (χ3n) is 5.11. The Bertz CT molecular complexity index is 322. The Kier molecular flexibility index (Phi) is 22.6. The van der Waals surface area contributed by atoms with Crippen LogP contribution in [0.2, 0.25) is 0 Å². The van der Waals surface area contributed by atoms with Crippen LogP contribution in [0.15, 0.2) is 12.2 Å². The number of ether oxygens (including phenoxy) is 1. The topological polar surface area (TPSA) is 26.3 Å². The molecule has 0 amide bonds. The van der Waals surface area contributed by atoms with Gasteiger partial charge in [-0.15, -0.1) is 0 Å². The van der Waals surface area contributed by atoms with Crippen molar-refractivity contribution in [2.45, 2.75) is 136 Å². The highest BCUT2D eigenvalue weighted by Crippen LogP contribution is 2.12. The van der Waals surface area contributed by atoms with Gasteiger partial charge in [0.05, 0.1) is 6.61 Å². The molecule has 2 heteroatoms. The fourth-order valence-electron chi connectivity index (χ4n) is 3.34. The summed E-state index contributed by atoms with van der Waals surface area (Å²) in [4.78, 5) is 11.4. The first-order chi connectivity index (χ1) is 13.3. The van der Waals surface area contributed by atoms with E-state index in [1.54, 1.807) is 0 Å². The van der Waals surface area contributed by atoms with Crippen molar-refractivity contribution in [2.24, 2.45) is 0 Å². The van der Waals surface area contributed by atoms with Crippen LogP contribution in [-0.2, 0) is 9.53 Å². The van der Waals surface area contributed by atoms with Crippen molar-refractivity contribution in [1.29, 1.82) is 0 Å². The number of hydrogen-bond donors (Lipinski definition) is 0. The third-order valence-corrected chi connectivity index (χ3v) is 5.11. The zero-order valence-electron chi connectivity index (χ0n) is 18.6. The van der Waals surface area contributed by atoms with E-state index in [1.807, 2.05) is 6.92 Å². The van der Waals surface area contributed by atoms with Crippen LogP contribution in [0.5, 0.6) is 0 Å². The van der Waals surface area contributed by atoms with E-state index in [2.05, 4.69) is 19.1 Å². The smallest absolute Gasteiger partial charge is 0.305 e. The van der Waals surface area contributed by atoms with E-state index in [0.29, 0.717) is 13.0 Å². The summed E-state index contributed by atoms with van der Waals surface area (Å²) in [5, 5.41) is 0. The molecule has 160 valence electrons. The Morgan fingerprint density at radius 2 is 1.04 bits per heavy atom. The van der Waals surface area contributed by atoms with E-state index in [4.69, 9.17) is 4.74 Å². The Morgan fingerprint density at radius 3 is 1.52 bits per heavy atom. The van der Waals surface area contributed by atoms with E-state index in [1.165, 1.54) is 103 Å². The van der Waals surface area contributed by atoms with Crippen LogP contribution in [-0.4, -0.2) is 12.6 Å². The van der Waals surface area contributed by atoms with Gasteiger partial charge in [0.2, 0.25) is 0 Å². The maximum absolute atomic E-state index is 11.4. The minimum atomic E-state index is -0.0159. The van der Waals surface area contributed by atoms with Crippen molar-refractivity contribution in [1.82, 2.24) is 0 Å². The average Bonchev–Trinajstić information content (AvgIpc) is 2.68. The molecular formula is C25H48O2. The van der Waals surface area contributed by atoms with Crippen LogP contribution in [0.1, 0.15) is 136 Å². The van der Waals surface area contributed by atoms with Crippen molar-refractivity contribution in [2.75, 3.05) is 6.61 Å². The van der Waals surface area contributed by atoms with Crippen molar-refractivity contribution in [3.63, 3.8) is 0 Å². The lowest BCUT2D eigenvalue weighted by Crippen LogP contribution is -2.04. The molecule has 0 radical (unpaired) electrons. The van der Waals surface area contributed by atoms with E-state index in [-0.39, 0.29) is 5.97 Å². The molecule has 0 aliphatic carbocycles. The molecule has 0 atom stereocenters. The summed E-state index contributed by atoms with van der Waals surface area (Å²) in [6.07, 6.45) is 28.9. The molecule has 2 nitrogen and oxygen atoms in total. The van der Waals surface area contributed by atoms with Gasteiger partial charge in [0, 0.05) is 6.42 Å². The monoisotopic (exact) mass is 380 g/mol. The van der Waals surface area contributed by atoms with E-state index in [0.717, 1.165) is 12.8 Å². The van der Waals surface area contributed by atoms with Crippen LogP contribution in [0, 0.1) is 0 Å². The first-order valence-corrected chi connectivity index (χ1v) is 12.1. The molecule has 0 aliphatic rings. The zero-order valence-corrected chi connectivity index (χ0v) is 18.6. The predicted octanol–water partition coefficient (Wildman–Crippen LogP) is 8.54. The molecule has 0 N–H and O–H groups in total. The molecule has 0 fully saturated rings. The number of esters is 1. The Morgan fingerprint density at radius 1 is 0.593 bits per heavy atom. The van der Waals surface area contributed by atoms with Gasteiger partial charge in [0.1, 0.15) is 0 Å². The van der Waals surface area contributed by atoms with Gasteiger partial charge in [-0.05, 0) is 38.5 Å². The minimum absolute atomic E-state index is 0.0159. The fraction of sp³-hybridized carbons (Fsp3) is 0.880. The molecule has 0 bridgehead atoms. The Labute approximate surface area is 170 Å². The third kappa shape index (κ3) is 23.2. The van der Waals surface area contributed by atoms with Crippen molar-refractivity contribution in [3.05, 3.63) is 12.2 Å². The lowest BCUT2D eigenvalue weighted by Gasteiger charge is -2.03. The predicted molar refractivity (Wildman–Crippen MR) is 119 cm³/mol. The molecule has 0 saturated carbocycles. The highest BCUT2D eigenvalue weighted by atomic mass is 16.5. The molecule has 0 aromatic heterocycles. The van der Waals surface area contributed by atoms with Gasteiger partial charge in [0.25, 0.3) is 0 Å². The number of allylic oxidation sites excluding steroid dienone is 2. The molecular weight excluding hydrogens is 332 g/mol. The summed E-state index contributed by atoms with van der Waals surface area (Å²) >= 11 is 0. The summed E-state index contributed by atoms with van der Waals surface area (Å²) in [5.74, 6) is -0.0159. The molecule has 0 aromatic rings. The number of carbonyl (C=O) groups is 1. The van der Waals surface area contributed by atoms with Crippen molar-refractivity contribution < 1.29 is 9.53 Å². The first kappa shape index (κ1) is 26.2. The van der Waals surface area contributed by atoms with Crippen molar-refractivity contribution >= 4 is 5.97 Å². The van der Waals surface area contributed by atoms with Gasteiger partial charge in [-0.2, -0.15) is 0 Å². The second-order valence-electron chi connectivity index (χ2n) is 7.97. The number of rotatable bonds is 21. The highest BCUT2D eigenvalue weighted by molar-refractivity contribution is 5.69. The van der Waals surface area contributed by atoms with E-state index in [9.17, 15) is 4.79 Å². The van der Waals surface area contributed by atoms with Crippen LogP contribution in [0.4, 0.5) is 0 Å². The Balaban J connectivity index is 3.12. The maximum Gasteiger partial charge on any atom is 0.305 e. The fourth-order valence-corrected chi connectivity index (χ4v) is 3.34. The molecule has 0 unspecified atom stereocenters. The van der Waals surface area contributed by atoms with Gasteiger partial charge in [-0.3, -0.25) is 4.79 Å². The lowest BCUT2D eigenvalue weighted by molar-refractivity contribution is -0.143. The molecule has 0 aliphatic heterocycles. The van der Waals surface area contributed by atoms with E-state index >= 15 is 0 Å². The molecule has 27 heavy (non-hydrogen) atoms. The molecule has 0 rings (SSSR count). The van der Waals surface area contributed by atoms with Gasteiger partial charge in [0.15, 0.2) is 0 Å². The second kappa shape index (κ2) is 23.2. The van der Waals surface area contributed by atoms with Crippen LogP contribution >= 0.6 is 0 Å². The van der Waals surface area contributed by atoms with Crippen LogP contribution < -0.4 is 0 Å².